The largest absolute Gasteiger partial charge is 0.480 e. The second-order valence-electron chi connectivity index (χ2n) is 6.05. The number of hydrogen-bond acceptors (Lipinski definition) is 5. The molecule has 0 aliphatic carbocycles. The Morgan fingerprint density at radius 1 is 1.46 bits per heavy atom. The minimum Gasteiger partial charge on any atom is -0.480 e. The van der Waals surface area contributed by atoms with Crippen molar-refractivity contribution in [3.8, 4) is 0 Å². The number of carbonyl (C=O) groups excluding carboxylic acids is 2. The molecule has 3 atom stereocenters. The quantitative estimate of drug-likeness (QED) is 0.610. The molecule has 0 spiro atoms. The molecule has 0 saturated carbocycles. The number of halogens is 1. The van der Waals surface area contributed by atoms with Crippen molar-refractivity contribution in [2.75, 3.05) is 0 Å². The number of β-lactam (4-membered cyclic amide) rings is 1. The molecule has 2 saturated heterocycles. The molecule has 0 aromatic carbocycles. The molecule has 6 nitrogen and oxygen atoms in total. The zero-order valence-electron chi connectivity index (χ0n) is 12.9. The summed E-state index contributed by atoms with van der Waals surface area (Å²) in [5, 5.41) is 13.5. The van der Waals surface area contributed by atoms with Gasteiger partial charge in [-0.05, 0) is 25.3 Å². The predicted octanol–water partition coefficient (Wildman–Crippen LogP) is 1.96. The van der Waals surface area contributed by atoms with Crippen molar-refractivity contribution in [2.45, 2.75) is 36.1 Å². The standard InChI is InChI=1S/C15H15ClN2O4S2/c1-15(2)10(14(21)22)18-12(20)9(13(18)24-15)17-11(19)7(6-16)8-4-3-5-23-8/h3-6,9-10,13H,1-2H3,(H,17,19)(H,21,22)/t9?,10-,13+/m0/s1. The van der Waals surface area contributed by atoms with E-state index in [-0.39, 0.29) is 16.9 Å². The van der Waals surface area contributed by atoms with Crippen molar-refractivity contribution in [2.24, 2.45) is 0 Å². The molecule has 0 bridgehead atoms. The third kappa shape index (κ3) is 2.62. The SMILES string of the molecule is CC1(C)S[C@@H]2C(NC(=O)C(=CCl)c3cccs3)C(=O)N2[C@H]1C(=O)O. The van der Waals surface area contributed by atoms with Crippen LogP contribution in [0, 0.1) is 0 Å². The topological polar surface area (TPSA) is 86.7 Å². The Morgan fingerprint density at radius 2 is 2.17 bits per heavy atom. The summed E-state index contributed by atoms with van der Waals surface area (Å²) in [7, 11) is 0. The molecule has 2 N–H and O–H groups in total. The molecule has 0 radical (unpaired) electrons. The molecule has 9 heteroatoms. The molecular formula is C15H15ClN2O4S2. The number of carboxylic acids is 1. The number of carboxylic acid groups (broad SMARTS) is 1. The number of thioether (sulfide) groups is 1. The average molecular weight is 387 g/mol. The molecular weight excluding hydrogens is 372 g/mol. The van der Waals surface area contributed by atoms with Gasteiger partial charge >= 0.3 is 5.97 Å². The zero-order chi connectivity index (χ0) is 17.6. The van der Waals surface area contributed by atoms with Crippen LogP contribution in [0.4, 0.5) is 0 Å². The lowest BCUT2D eigenvalue weighted by atomic mass is 9.96. The Bertz CT molecular complexity index is 732. The lowest BCUT2D eigenvalue weighted by molar-refractivity contribution is -0.160. The van der Waals surface area contributed by atoms with Crippen LogP contribution in [0.15, 0.2) is 23.0 Å². The van der Waals surface area contributed by atoms with E-state index >= 15 is 0 Å². The van der Waals surface area contributed by atoms with Gasteiger partial charge in [-0.25, -0.2) is 4.79 Å². The first-order valence-electron chi connectivity index (χ1n) is 7.16. The number of rotatable bonds is 4. The van der Waals surface area contributed by atoms with E-state index in [0.29, 0.717) is 4.88 Å². The van der Waals surface area contributed by atoms with Gasteiger partial charge in [0.05, 0.1) is 5.57 Å². The highest BCUT2D eigenvalue weighted by molar-refractivity contribution is 8.01. The predicted molar refractivity (Wildman–Crippen MR) is 93.8 cm³/mol. The molecule has 1 aromatic heterocycles. The van der Waals surface area contributed by atoms with Crippen molar-refractivity contribution in [1.82, 2.24) is 10.2 Å². The van der Waals surface area contributed by atoms with Gasteiger partial charge in [-0.15, -0.1) is 23.1 Å². The third-order valence-electron chi connectivity index (χ3n) is 4.10. The summed E-state index contributed by atoms with van der Waals surface area (Å²) in [6.07, 6.45) is 0. The van der Waals surface area contributed by atoms with E-state index in [4.69, 9.17) is 11.6 Å². The van der Waals surface area contributed by atoms with Crippen molar-refractivity contribution in [3.63, 3.8) is 0 Å². The summed E-state index contributed by atoms with van der Waals surface area (Å²) in [4.78, 5) is 38.3. The summed E-state index contributed by atoms with van der Waals surface area (Å²) in [5.41, 5.74) is 1.48. The van der Waals surface area contributed by atoms with Gasteiger partial charge in [0, 0.05) is 15.2 Å². The van der Waals surface area contributed by atoms with E-state index in [1.807, 2.05) is 5.38 Å². The molecule has 1 aromatic rings. The van der Waals surface area contributed by atoms with E-state index in [9.17, 15) is 19.5 Å². The zero-order valence-corrected chi connectivity index (χ0v) is 15.2. The van der Waals surface area contributed by atoms with Crippen LogP contribution in [-0.4, -0.2) is 50.0 Å². The van der Waals surface area contributed by atoms with Crippen molar-refractivity contribution < 1.29 is 19.5 Å². The normalized spacial score (nSPS) is 28.3. The van der Waals surface area contributed by atoms with Crippen LogP contribution in [0.2, 0.25) is 0 Å². The number of fused-ring (bicyclic) bond motifs is 1. The number of thiophene rings is 1. The fourth-order valence-corrected chi connectivity index (χ4v) is 5.66. The van der Waals surface area contributed by atoms with Crippen molar-refractivity contribution in [3.05, 3.63) is 27.9 Å². The fourth-order valence-electron chi connectivity index (χ4n) is 3.01. The van der Waals surface area contributed by atoms with Gasteiger partial charge < -0.3 is 15.3 Å². The number of amides is 2. The molecule has 2 amide bonds. The van der Waals surface area contributed by atoms with Crippen LogP contribution < -0.4 is 5.32 Å². The van der Waals surface area contributed by atoms with Crippen LogP contribution in [0.25, 0.3) is 5.57 Å². The average Bonchev–Trinajstić information content (AvgIpc) is 3.10. The summed E-state index contributed by atoms with van der Waals surface area (Å²) in [5.74, 6) is -1.85. The van der Waals surface area contributed by atoms with Gasteiger partial charge in [0.1, 0.15) is 17.5 Å². The van der Waals surface area contributed by atoms with Gasteiger partial charge in [-0.2, -0.15) is 0 Å². The monoisotopic (exact) mass is 386 g/mol. The van der Waals surface area contributed by atoms with Gasteiger partial charge in [-0.3, -0.25) is 9.59 Å². The lowest BCUT2D eigenvalue weighted by Gasteiger charge is -2.43. The molecule has 128 valence electrons. The lowest BCUT2D eigenvalue weighted by Crippen LogP contribution is -2.70. The van der Waals surface area contributed by atoms with E-state index in [2.05, 4.69) is 5.32 Å². The van der Waals surface area contributed by atoms with E-state index in [1.165, 1.54) is 33.5 Å². The van der Waals surface area contributed by atoms with Crippen molar-refractivity contribution >= 4 is 58.1 Å². The Kier molecular flexibility index (Phi) is 4.39. The Hall–Kier alpha value is -1.51. The summed E-state index contributed by atoms with van der Waals surface area (Å²) >= 11 is 8.52. The summed E-state index contributed by atoms with van der Waals surface area (Å²) in [6.45, 7) is 3.58. The summed E-state index contributed by atoms with van der Waals surface area (Å²) < 4.78 is -0.620. The minimum absolute atomic E-state index is 0.287. The number of carbonyl (C=O) groups is 3. The van der Waals surface area contributed by atoms with Gasteiger partial charge in [-0.1, -0.05) is 17.7 Å². The van der Waals surface area contributed by atoms with Crippen LogP contribution in [0.3, 0.4) is 0 Å². The molecule has 24 heavy (non-hydrogen) atoms. The van der Waals surface area contributed by atoms with E-state index in [0.717, 1.165) is 0 Å². The number of hydrogen-bond donors (Lipinski definition) is 2. The minimum atomic E-state index is -1.03. The van der Waals surface area contributed by atoms with Gasteiger partial charge in [0.15, 0.2) is 0 Å². The first-order chi connectivity index (χ1) is 11.3. The maximum Gasteiger partial charge on any atom is 0.327 e. The van der Waals surface area contributed by atoms with E-state index in [1.54, 1.807) is 26.0 Å². The third-order valence-corrected chi connectivity index (χ3v) is 6.79. The smallest absolute Gasteiger partial charge is 0.327 e. The molecule has 1 unspecified atom stereocenters. The van der Waals surface area contributed by atoms with Crippen molar-refractivity contribution in [1.29, 1.82) is 0 Å². The van der Waals surface area contributed by atoms with Crippen LogP contribution in [-0.2, 0) is 14.4 Å². The molecule has 2 aliphatic heterocycles. The number of nitrogens with one attached hydrogen (secondary N) is 1. The fraction of sp³-hybridized carbons (Fsp3) is 0.400. The maximum absolute atomic E-state index is 12.4. The highest BCUT2D eigenvalue weighted by atomic mass is 35.5. The molecule has 2 aliphatic rings. The Balaban J connectivity index is 1.76. The second kappa shape index (κ2) is 6.09. The van der Waals surface area contributed by atoms with Crippen LogP contribution >= 0.6 is 34.7 Å². The van der Waals surface area contributed by atoms with Crippen LogP contribution in [0.5, 0.6) is 0 Å². The van der Waals surface area contributed by atoms with Gasteiger partial charge in [0.25, 0.3) is 5.91 Å². The number of nitrogens with zero attached hydrogens (tertiary/aromatic N) is 1. The van der Waals surface area contributed by atoms with Gasteiger partial charge in [0.2, 0.25) is 5.91 Å². The highest BCUT2D eigenvalue weighted by Gasteiger charge is 2.64. The Morgan fingerprint density at radius 3 is 2.71 bits per heavy atom. The molecule has 2 fully saturated rings. The maximum atomic E-state index is 12.4. The highest BCUT2D eigenvalue weighted by Crippen LogP contribution is 2.50. The first kappa shape index (κ1) is 17.3. The van der Waals surface area contributed by atoms with Crippen LogP contribution in [0.1, 0.15) is 18.7 Å². The summed E-state index contributed by atoms with van der Waals surface area (Å²) in [6, 6.07) is 1.93. The second-order valence-corrected chi connectivity index (χ2v) is 8.99. The van der Waals surface area contributed by atoms with E-state index < -0.39 is 28.7 Å². The molecule has 3 heterocycles. The Labute approximate surface area is 151 Å². The number of aliphatic carboxylic acids is 1. The molecule has 3 rings (SSSR count). The first-order valence-corrected chi connectivity index (χ1v) is 9.35.